The summed E-state index contributed by atoms with van der Waals surface area (Å²) in [5, 5.41) is 5.08. The molecule has 1 aromatic carbocycles. The van der Waals surface area contributed by atoms with E-state index in [4.69, 9.17) is 27.6 Å². The van der Waals surface area contributed by atoms with E-state index in [-0.39, 0.29) is 0 Å². The van der Waals surface area contributed by atoms with Crippen LogP contribution in [-0.4, -0.2) is 4.98 Å². The van der Waals surface area contributed by atoms with Crippen molar-refractivity contribution in [3.63, 3.8) is 0 Å². The quantitative estimate of drug-likeness (QED) is 0.688. The monoisotopic (exact) mass is 306 g/mol. The van der Waals surface area contributed by atoms with Gasteiger partial charge < -0.3 is 9.73 Å². The van der Waals surface area contributed by atoms with Crippen molar-refractivity contribution in [1.29, 1.82) is 0 Å². The Kier molecular flexibility index (Phi) is 3.55. The van der Waals surface area contributed by atoms with E-state index in [0.29, 0.717) is 16.9 Å². The minimum Gasteiger partial charge on any atom is -0.459 e. The molecule has 0 aliphatic carbocycles. The summed E-state index contributed by atoms with van der Waals surface area (Å²) < 4.78 is 5.74. The second-order valence-corrected chi connectivity index (χ2v) is 5.28. The Bertz CT molecular complexity index is 711. The summed E-state index contributed by atoms with van der Waals surface area (Å²) in [4.78, 5) is 4.03. The van der Waals surface area contributed by atoms with Gasteiger partial charge in [0.25, 0.3) is 0 Å². The number of rotatable bonds is 3. The molecular weight excluding hydrogens is 295 g/mol. The van der Waals surface area contributed by atoms with E-state index in [1.165, 1.54) is 0 Å². The number of fused-ring (bicyclic) bond motifs is 1. The first-order valence-corrected chi connectivity index (χ1v) is 6.93. The van der Waals surface area contributed by atoms with Gasteiger partial charge in [-0.15, -0.1) is 0 Å². The molecule has 3 nitrogen and oxygen atoms in total. The number of aromatic nitrogens is 1. The molecule has 102 valence electrons. The van der Waals surface area contributed by atoms with E-state index in [2.05, 4.69) is 10.3 Å². The van der Waals surface area contributed by atoms with Crippen LogP contribution in [0.5, 0.6) is 0 Å². The van der Waals surface area contributed by atoms with Crippen molar-refractivity contribution in [2.24, 2.45) is 0 Å². The lowest BCUT2D eigenvalue weighted by Crippen LogP contribution is -2.02. The van der Waals surface area contributed by atoms with Crippen molar-refractivity contribution in [3.8, 4) is 0 Å². The first-order chi connectivity index (χ1) is 9.63. The molecule has 0 radical (unpaired) electrons. The maximum atomic E-state index is 6.09. The molecule has 0 aliphatic heterocycles. The van der Waals surface area contributed by atoms with Gasteiger partial charge in [0, 0.05) is 5.39 Å². The molecule has 20 heavy (non-hydrogen) atoms. The van der Waals surface area contributed by atoms with Gasteiger partial charge in [-0.1, -0.05) is 41.4 Å². The highest BCUT2D eigenvalue weighted by Crippen LogP contribution is 2.27. The van der Waals surface area contributed by atoms with Crippen molar-refractivity contribution in [2.75, 3.05) is 5.32 Å². The van der Waals surface area contributed by atoms with Gasteiger partial charge in [0.15, 0.2) is 5.15 Å². The fourth-order valence-corrected chi connectivity index (χ4v) is 2.71. The number of aryl methyl sites for hydroxylation is 1. The highest BCUT2D eigenvalue weighted by molar-refractivity contribution is 6.34. The maximum Gasteiger partial charge on any atom is 0.154 e. The minimum absolute atomic E-state index is 0.367. The average molecular weight is 307 g/mol. The Morgan fingerprint density at radius 1 is 1.20 bits per heavy atom. The zero-order chi connectivity index (χ0) is 14.1. The van der Waals surface area contributed by atoms with E-state index < -0.39 is 0 Å². The lowest BCUT2D eigenvalue weighted by atomic mass is 10.2. The van der Waals surface area contributed by atoms with E-state index in [0.717, 1.165) is 28.0 Å². The molecule has 3 rings (SSSR count). The molecule has 0 fully saturated rings. The molecule has 2 heterocycles. The Morgan fingerprint density at radius 2 is 2.00 bits per heavy atom. The van der Waals surface area contributed by atoms with Crippen LogP contribution in [0.2, 0.25) is 10.3 Å². The van der Waals surface area contributed by atoms with E-state index in [9.17, 15) is 0 Å². The summed E-state index contributed by atoms with van der Waals surface area (Å²) in [5.74, 6) is 0.844. The van der Waals surface area contributed by atoms with Gasteiger partial charge in [-0.25, -0.2) is 4.98 Å². The van der Waals surface area contributed by atoms with Gasteiger partial charge in [0.2, 0.25) is 0 Å². The Hall–Kier alpha value is -1.71. The van der Waals surface area contributed by atoms with Gasteiger partial charge in [0.05, 0.1) is 12.2 Å². The first kappa shape index (κ1) is 13.3. The Labute approximate surface area is 126 Å². The Balaban J connectivity index is 1.83. The smallest absolute Gasteiger partial charge is 0.154 e. The molecule has 0 atom stereocenters. The third-order valence-electron chi connectivity index (χ3n) is 3.06. The van der Waals surface area contributed by atoms with Gasteiger partial charge in [-0.05, 0) is 30.7 Å². The third kappa shape index (κ3) is 2.60. The van der Waals surface area contributed by atoms with Gasteiger partial charge in [0.1, 0.15) is 16.5 Å². The number of benzene rings is 1. The van der Waals surface area contributed by atoms with Crippen LogP contribution >= 0.6 is 23.2 Å². The number of furan rings is 1. The van der Waals surface area contributed by atoms with Crippen LogP contribution in [0.4, 0.5) is 5.69 Å². The van der Waals surface area contributed by atoms with Gasteiger partial charge in [-0.3, -0.25) is 0 Å². The molecule has 3 aromatic rings. The summed E-state index contributed by atoms with van der Waals surface area (Å²) in [6, 6.07) is 11.7. The molecule has 0 spiro atoms. The Morgan fingerprint density at radius 3 is 2.75 bits per heavy atom. The number of anilines is 1. The molecule has 0 amide bonds. The predicted molar refractivity (Wildman–Crippen MR) is 82.5 cm³/mol. The fourth-order valence-electron chi connectivity index (χ4n) is 2.11. The van der Waals surface area contributed by atoms with Gasteiger partial charge in [-0.2, -0.15) is 0 Å². The molecule has 5 heteroatoms. The molecule has 2 aromatic heterocycles. The molecule has 1 N–H and O–H groups in total. The minimum atomic E-state index is 0.367. The van der Waals surface area contributed by atoms with Crippen LogP contribution in [0.25, 0.3) is 11.0 Å². The zero-order valence-electron chi connectivity index (χ0n) is 10.8. The number of nitrogens with one attached hydrogen (secondary N) is 1. The summed E-state index contributed by atoms with van der Waals surface area (Å²) in [6.45, 7) is 2.47. The van der Waals surface area contributed by atoms with Crippen molar-refractivity contribution in [1.82, 2.24) is 4.98 Å². The van der Waals surface area contributed by atoms with E-state index in [1.54, 1.807) is 6.07 Å². The normalized spacial score (nSPS) is 10.9. The summed E-state index contributed by atoms with van der Waals surface area (Å²) in [6.07, 6.45) is 0. The molecule has 0 aliphatic rings. The van der Waals surface area contributed by atoms with Crippen molar-refractivity contribution < 1.29 is 4.42 Å². The summed E-state index contributed by atoms with van der Waals surface area (Å²) in [7, 11) is 0. The number of pyridine rings is 1. The maximum absolute atomic E-state index is 6.09. The van der Waals surface area contributed by atoms with E-state index >= 15 is 0 Å². The third-order valence-corrected chi connectivity index (χ3v) is 3.52. The molecule has 0 bridgehead atoms. The number of halogens is 2. The van der Waals surface area contributed by atoms with Crippen LogP contribution in [0.15, 0.2) is 40.8 Å². The van der Waals surface area contributed by atoms with Crippen LogP contribution in [0.3, 0.4) is 0 Å². The molecular formula is C15H12Cl2N2O. The van der Waals surface area contributed by atoms with Crippen molar-refractivity contribution in [2.45, 2.75) is 13.5 Å². The summed E-state index contributed by atoms with van der Waals surface area (Å²) in [5.41, 5.74) is 2.60. The lowest BCUT2D eigenvalue weighted by Gasteiger charge is -2.09. The number of para-hydroxylation sites is 1. The lowest BCUT2D eigenvalue weighted by molar-refractivity contribution is 0.559. The largest absolute Gasteiger partial charge is 0.459 e. The molecule has 0 unspecified atom stereocenters. The number of hydrogen-bond donors (Lipinski definition) is 1. The van der Waals surface area contributed by atoms with Gasteiger partial charge >= 0.3 is 0 Å². The second kappa shape index (κ2) is 5.35. The second-order valence-electron chi connectivity index (χ2n) is 4.53. The zero-order valence-corrected chi connectivity index (χ0v) is 12.3. The summed E-state index contributed by atoms with van der Waals surface area (Å²) >= 11 is 11.9. The molecule has 0 saturated carbocycles. The number of hydrogen-bond acceptors (Lipinski definition) is 3. The topological polar surface area (TPSA) is 38.1 Å². The fraction of sp³-hybridized carbons (Fsp3) is 0.133. The van der Waals surface area contributed by atoms with E-state index in [1.807, 2.05) is 37.3 Å². The van der Waals surface area contributed by atoms with Crippen molar-refractivity contribution in [3.05, 3.63) is 58.0 Å². The number of nitrogens with zero attached hydrogens (tertiary/aromatic N) is 1. The first-order valence-electron chi connectivity index (χ1n) is 6.17. The van der Waals surface area contributed by atoms with Crippen molar-refractivity contribution >= 4 is 39.9 Å². The SMILES string of the molecule is Cc1cc(Cl)nc(Cl)c1NCc1cc2ccccc2o1. The highest BCUT2D eigenvalue weighted by atomic mass is 35.5. The van der Waals surface area contributed by atoms with Crippen LogP contribution in [0.1, 0.15) is 11.3 Å². The highest BCUT2D eigenvalue weighted by Gasteiger charge is 2.09. The standard InChI is InChI=1S/C15H12Cl2N2O/c1-9-6-13(16)19-15(17)14(9)18-8-11-7-10-4-2-3-5-12(10)20-11/h2-7,18H,8H2,1H3. The van der Waals surface area contributed by atoms with Crippen LogP contribution < -0.4 is 5.32 Å². The predicted octanol–water partition coefficient (Wildman–Crippen LogP) is 5.06. The molecule has 0 saturated heterocycles. The average Bonchev–Trinajstić information content (AvgIpc) is 2.80. The van der Waals surface area contributed by atoms with Crippen LogP contribution in [0, 0.1) is 6.92 Å². The van der Waals surface area contributed by atoms with Crippen LogP contribution in [-0.2, 0) is 6.54 Å².